The zero-order valence-corrected chi connectivity index (χ0v) is 12.7. The van der Waals surface area contributed by atoms with Gasteiger partial charge in [-0.15, -0.1) is 0 Å². The maximum Gasteiger partial charge on any atom is 0.340 e. The Morgan fingerprint density at radius 1 is 1.35 bits per heavy atom. The summed E-state index contributed by atoms with van der Waals surface area (Å²) in [7, 11) is -4.42. The number of pyridine rings is 1. The molecule has 0 radical (unpaired) electrons. The molecule has 0 amide bonds. The third kappa shape index (κ3) is 2.49. The van der Waals surface area contributed by atoms with Crippen molar-refractivity contribution in [2.45, 2.75) is 11.8 Å². The molecule has 3 rings (SSSR count). The molecule has 9 heteroatoms. The van der Waals surface area contributed by atoms with E-state index in [2.05, 4.69) is 9.97 Å². The molecule has 0 saturated heterocycles. The van der Waals surface area contributed by atoms with E-state index in [1.165, 1.54) is 18.3 Å². The predicted molar refractivity (Wildman–Crippen MR) is 82.2 cm³/mol. The monoisotopic (exact) mass is 336 g/mol. The third-order valence-electron chi connectivity index (χ3n) is 3.41. The van der Waals surface area contributed by atoms with Crippen LogP contribution >= 0.6 is 0 Å². The van der Waals surface area contributed by atoms with Gasteiger partial charge >= 0.3 is 5.97 Å². The fraction of sp³-hybridized carbons (Fsp3) is 0.143. The van der Waals surface area contributed by atoms with Gasteiger partial charge in [0.2, 0.25) is 0 Å². The van der Waals surface area contributed by atoms with Gasteiger partial charge in [-0.3, -0.25) is 9.35 Å². The molecule has 1 aromatic carbocycles. The first-order valence-electron chi connectivity index (χ1n) is 6.64. The number of H-pyrrole nitrogens is 2. The summed E-state index contributed by atoms with van der Waals surface area (Å²) in [6, 6.07) is 3.71. The second-order valence-electron chi connectivity index (χ2n) is 4.81. The number of rotatable bonds is 3. The maximum absolute atomic E-state index is 12.1. The summed E-state index contributed by atoms with van der Waals surface area (Å²) in [5.41, 5.74) is 0.112. The van der Waals surface area contributed by atoms with Gasteiger partial charge in [-0.05, 0) is 25.1 Å². The van der Waals surface area contributed by atoms with Crippen molar-refractivity contribution in [2.24, 2.45) is 0 Å². The lowest BCUT2D eigenvalue weighted by Gasteiger charge is -2.05. The van der Waals surface area contributed by atoms with Crippen LogP contribution in [0.4, 0.5) is 0 Å². The number of benzene rings is 1. The number of esters is 1. The summed E-state index contributed by atoms with van der Waals surface area (Å²) in [5, 5.41) is 0.548. The van der Waals surface area contributed by atoms with Crippen molar-refractivity contribution in [3.63, 3.8) is 0 Å². The Hall–Kier alpha value is -2.65. The second-order valence-corrected chi connectivity index (χ2v) is 6.23. The fourth-order valence-corrected chi connectivity index (χ4v) is 2.94. The highest BCUT2D eigenvalue weighted by molar-refractivity contribution is 7.85. The molecule has 120 valence electrons. The summed E-state index contributed by atoms with van der Waals surface area (Å²) >= 11 is 0. The minimum atomic E-state index is -4.42. The van der Waals surface area contributed by atoms with Gasteiger partial charge in [0, 0.05) is 22.5 Å². The number of aromatic amines is 2. The standard InChI is InChI=1S/C14H12N2O6S/c1-2-22-14(18)9-6-15-12-11(9)8-5-7(23(19,20)21)3-4-10(8)16-13(12)17/h3-6,15H,2H2,1H3,(H,16,17)(H,19,20,21). The van der Waals surface area contributed by atoms with E-state index in [1.54, 1.807) is 6.92 Å². The van der Waals surface area contributed by atoms with Gasteiger partial charge in [0.15, 0.2) is 0 Å². The summed E-state index contributed by atoms with van der Waals surface area (Å²) < 4.78 is 36.8. The van der Waals surface area contributed by atoms with Crippen LogP contribution < -0.4 is 5.56 Å². The van der Waals surface area contributed by atoms with Crippen LogP contribution in [0.5, 0.6) is 0 Å². The smallest absolute Gasteiger partial charge is 0.340 e. The first-order valence-corrected chi connectivity index (χ1v) is 8.08. The highest BCUT2D eigenvalue weighted by atomic mass is 32.2. The van der Waals surface area contributed by atoms with Crippen molar-refractivity contribution in [3.8, 4) is 0 Å². The van der Waals surface area contributed by atoms with E-state index in [0.29, 0.717) is 10.9 Å². The van der Waals surface area contributed by atoms with E-state index in [9.17, 15) is 22.6 Å². The fourth-order valence-electron chi connectivity index (χ4n) is 2.44. The second kappa shape index (κ2) is 5.21. The Morgan fingerprint density at radius 3 is 2.74 bits per heavy atom. The largest absolute Gasteiger partial charge is 0.462 e. The lowest BCUT2D eigenvalue weighted by molar-refractivity contribution is 0.0529. The van der Waals surface area contributed by atoms with Crippen molar-refractivity contribution >= 4 is 37.9 Å². The lowest BCUT2D eigenvalue weighted by atomic mass is 10.1. The zero-order valence-electron chi connectivity index (χ0n) is 11.9. The SMILES string of the molecule is CCOC(=O)c1c[nH]c2c(=O)[nH]c3ccc(S(=O)(=O)O)cc3c12. The van der Waals surface area contributed by atoms with Crippen LogP contribution in [0.1, 0.15) is 17.3 Å². The number of hydrogen-bond acceptors (Lipinski definition) is 5. The molecule has 23 heavy (non-hydrogen) atoms. The number of ether oxygens (including phenoxy) is 1. The van der Waals surface area contributed by atoms with E-state index in [0.717, 1.165) is 6.07 Å². The molecule has 3 N–H and O–H groups in total. The van der Waals surface area contributed by atoms with Crippen molar-refractivity contribution < 1.29 is 22.5 Å². The Morgan fingerprint density at radius 2 is 2.09 bits per heavy atom. The number of hydrogen-bond donors (Lipinski definition) is 3. The normalized spacial score (nSPS) is 11.9. The first-order chi connectivity index (χ1) is 10.8. The molecular weight excluding hydrogens is 324 g/mol. The van der Waals surface area contributed by atoms with Gasteiger partial charge in [-0.1, -0.05) is 0 Å². The molecular formula is C14H12N2O6S. The van der Waals surface area contributed by atoms with E-state index in [4.69, 9.17) is 4.74 Å². The number of carbonyl (C=O) groups is 1. The number of fused-ring (bicyclic) bond motifs is 3. The zero-order chi connectivity index (χ0) is 16.8. The summed E-state index contributed by atoms with van der Waals surface area (Å²) in [6.45, 7) is 1.80. The Kier molecular flexibility index (Phi) is 3.46. The molecule has 2 aromatic heterocycles. The number of nitrogens with one attached hydrogen (secondary N) is 2. The summed E-state index contributed by atoms with van der Waals surface area (Å²) in [5.74, 6) is -0.636. The molecule has 0 saturated carbocycles. The molecule has 0 bridgehead atoms. The molecule has 3 aromatic rings. The molecule has 0 aliphatic heterocycles. The van der Waals surface area contributed by atoms with E-state index in [1.807, 2.05) is 0 Å². The minimum Gasteiger partial charge on any atom is -0.462 e. The van der Waals surface area contributed by atoms with Gasteiger partial charge in [-0.25, -0.2) is 4.79 Å². The number of carbonyl (C=O) groups excluding carboxylic acids is 1. The predicted octanol–water partition coefficient (Wildman–Crippen LogP) is 1.43. The van der Waals surface area contributed by atoms with Gasteiger partial charge in [-0.2, -0.15) is 8.42 Å². The van der Waals surface area contributed by atoms with E-state index < -0.39 is 21.6 Å². The Labute approximate surface area is 129 Å². The van der Waals surface area contributed by atoms with Crippen LogP contribution in [0.3, 0.4) is 0 Å². The molecule has 0 aliphatic rings. The van der Waals surface area contributed by atoms with Crippen LogP contribution in [0.15, 0.2) is 34.1 Å². The number of aromatic nitrogens is 2. The van der Waals surface area contributed by atoms with Crippen molar-refractivity contribution in [2.75, 3.05) is 6.61 Å². The average molecular weight is 336 g/mol. The average Bonchev–Trinajstić information content (AvgIpc) is 2.92. The maximum atomic E-state index is 12.1. The van der Waals surface area contributed by atoms with Crippen molar-refractivity contribution in [1.29, 1.82) is 0 Å². The molecule has 8 nitrogen and oxygen atoms in total. The van der Waals surface area contributed by atoms with E-state index in [-0.39, 0.29) is 28.0 Å². The Balaban J connectivity index is 2.45. The minimum absolute atomic E-state index is 0.116. The van der Waals surface area contributed by atoms with Crippen molar-refractivity contribution in [3.05, 3.63) is 40.3 Å². The molecule has 0 spiro atoms. The molecule has 0 aliphatic carbocycles. The lowest BCUT2D eigenvalue weighted by Crippen LogP contribution is -2.09. The summed E-state index contributed by atoms with van der Waals surface area (Å²) in [4.78, 5) is 29.0. The first kappa shape index (κ1) is 15.3. The molecule has 2 heterocycles. The summed E-state index contributed by atoms with van der Waals surface area (Å²) in [6.07, 6.45) is 1.33. The van der Waals surface area contributed by atoms with Gasteiger partial charge in [0.25, 0.3) is 15.7 Å². The molecule has 0 atom stereocenters. The third-order valence-corrected chi connectivity index (χ3v) is 4.26. The van der Waals surface area contributed by atoms with Gasteiger partial charge < -0.3 is 14.7 Å². The highest BCUT2D eigenvalue weighted by Gasteiger charge is 2.19. The molecule has 0 fully saturated rings. The highest BCUT2D eigenvalue weighted by Crippen LogP contribution is 2.27. The van der Waals surface area contributed by atoms with Crippen LogP contribution in [0.25, 0.3) is 21.8 Å². The van der Waals surface area contributed by atoms with Crippen LogP contribution in [-0.2, 0) is 14.9 Å². The quantitative estimate of drug-likeness (QED) is 0.490. The van der Waals surface area contributed by atoms with Crippen LogP contribution in [0, 0.1) is 0 Å². The van der Waals surface area contributed by atoms with Crippen LogP contribution in [-0.4, -0.2) is 35.5 Å². The van der Waals surface area contributed by atoms with Crippen molar-refractivity contribution in [1.82, 2.24) is 9.97 Å². The molecule has 0 unspecified atom stereocenters. The Bertz CT molecular complexity index is 1090. The van der Waals surface area contributed by atoms with Gasteiger partial charge in [0.1, 0.15) is 5.52 Å². The van der Waals surface area contributed by atoms with Gasteiger partial charge in [0.05, 0.1) is 17.1 Å². The topological polar surface area (TPSA) is 129 Å². The van der Waals surface area contributed by atoms with E-state index >= 15 is 0 Å². The van der Waals surface area contributed by atoms with Crippen LogP contribution in [0.2, 0.25) is 0 Å².